The predicted molar refractivity (Wildman–Crippen MR) is 88.3 cm³/mol. The molecule has 0 saturated carbocycles. The highest BCUT2D eigenvalue weighted by Crippen LogP contribution is 2.23. The van der Waals surface area contributed by atoms with Crippen molar-refractivity contribution < 1.29 is 17.6 Å². The summed E-state index contributed by atoms with van der Waals surface area (Å²) in [4.78, 5) is 0. The summed E-state index contributed by atoms with van der Waals surface area (Å²) in [5.74, 6) is 0.800. The van der Waals surface area contributed by atoms with Crippen LogP contribution in [0.5, 0.6) is 0 Å². The molecule has 9 heteroatoms. The Kier molecular flexibility index (Phi) is 5.19. The predicted octanol–water partition coefficient (Wildman–Crippen LogP) is 1.84. The molecule has 130 valence electrons. The van der Waals surface area contributed by atoms with E-state index in [1.54, 1.807) is 0 Å². The summed E-state index contributed by atoms with van der Waals surface area (Å²) in [5, 5.41) is 8.71. The molecule has 7 nitrogen and oxygen atoms in total. The second-order valence-electron chi connectivity index (χ2n) is 5.64. The minimum absolute atomic E-state index is 0.189. The van der Waals surface area contributed by atoms with Crippen molar-refractivity contribution in [1.82, 2.24) is 14.5 Å². The van der Waals surface area contributed by atoms with Crippen molar-refractivity contribution in [3.8, 4) is 0 Å². The van der Waals surface area contributed by atoms with Crippen LogP contribution in [0.25, 0.3) is 0 Å². The average molecular weight is 372 g/mol. The molecule has 0 bridgehead atoms. The molecular weight excluding hydrogens is 354 g/mol. The highest BCUT2D eigenvalue weighted by atomic mass is 35.5. The summed E-state index contributed by atoms with van der Waals surface area (Å²) < 4.78 is 35.9. The number of aryl methyl sites for hydroxylation is 2. The van der Waals surface area contributed by atoms with Crippen LogP contribution >= 0.6 is 11.6 Å². The molecule has 3 rings (SSSR count). The van der Waals surface area contributed by atoms with Crippen molar-refractivity contribution in [3.63, 3.8) is 0 Å². The zero-order chi connectivity index (χ0) is 17.2. The quantitative estimate of drug-likeness (QED) is 0.797. The number of aromatic nitrogens is 2. The number of hydrogen-bond acceptors (Lipinski definition) is 6. The van der Waals surface area contributed by atoms with Gasteiger partial charge in [-0.15, -0.1) is 10.2 Å². The van der Waals surface area contributed by atoms with Crippen LogP contribution in [0.2, 0.25) is 5.02 Å². The number of benzene rings is 1. The fourth-order valence-corrected chi connectivity index (χ4v) is 3.54. The van der Waals surface area contributed by atoms with Gasteiger partial charge in [0.1, 0.15) is 6.10 Å². The molecule has 2 aromatic rings. The zero-order valence-electron chi connectivity index (χ0n) is 13.2. The van der Waals surface area contributed by atoms with Gasteiger partial charge in [-0.1, -0.05) is 23.7 Å². The molecule has 0 N–H and O–H groups in total. The first-order valence-corrected chi connectivity index (χ1v) is 9.78. The lowest BCUT2D eigenvalue weighted by Crippen LogP contribution is -2.41. The third kappa shape index (κ3) is 4.32. The van der Waals surface area contributed by atoms with Crippen LogP contribution in [0.15, 0.2) is 28.7 Å². The van der Waals surface area contributed by atoms with Gasteiger partial charge < -0.3 is 9.15 Å². The van der Waals surface area contributed by atoms with Crippen LogP contribution in [0.1, 0.15) is 23.4 Å². The maximum absolute atomic E-state index is 11.6. The molecule has 1 aromatic heterocycles. The van der Waals surface area contributed by atoms with Gasteiger partial charge in [0.05, 0.1) is 12.9 Å². The Hall–Kier alpha value is -1.48. The number of morpholine rings is 1. The van der Waals surface area contributed by atoms with Crippen molar-refractivity contribution in [2.24, 2.45) is 0 Å². The topological polar surface area (TPSA) is 85.5 Å². The highest BCUT2D eigenvalue weighted by Gasteiger charge is 2.30. The number of nitrogens with zero attached hydrogens (tertiary/aromatic N) is 3. The SMILES string of the molecule is CS(=O)(=O)N1CCO[C@@H](c2nnc(CCc3cccc(Cl)c3)o2)C1. The molecule has 1 aromatic carbocycles. The highest BCUT2D eigenvalue weighted by molar-refractivity contribution is 7.88. The number of sulfonamides is 1. The van der Waals surface area contributed by atoms with E-state index in [1.165, 1.54) is 10.6 Å². The van der Waals surface area contributed by atoms with E-state index < -0.39 is 16.1 Å². The maximum Gasteiger partial charge on any atom is 0.246 e. The summed E-state index contributed by atoms with van der Waals surface area (Å²) in [6, 6.07) is 7.60. The zero-order valence-corrected chi connectivity index (χ0v) is 14.8. The van der Waals surface area contributed by atoms with Gasteiger partial charge in [0.25, 0.3) is 0 Å². The lowest BCUT2D eigenvalue weighted by Gasteiger charge is -2.29. The smallest absolute Gasteiger partial charge is 0.246 e. The van der Waals surface area contributed by atoms with E-state index >= 15 is 0 Å². The minimum Gasteiger partial charge on any atom is -0.422 e. The first kappa shape index (κ1) is 17.3. The van der Waals surface area contributed by atoms with Crippen LogP contribution in [0.3, 0.4) is 0 Å². The van der Waals surface area contributed by atoms with Crippen LogP contribution < -0.4 is 0 Å². The third-order valence-electron chi connectivity index (χ3n) is 3.77. The van der Waals surface area contributed by atoms with E-state index in [1.807, 2.05) is 24.3 Å². The van der Waals surface area contributed by atoms with E-state index in [-0.39, 0.29) is 6.54 Å². The summed E-state index contributed by atoms with van der Waals surface area (Å²) >= 11 is 5.96. The van der Waals surface area contributed by atoms with Gasteiger partial charge in [0.15, 0.2) is 0 Å². The Labute approximate surface area is 145 Å². The van der Waals surface area contributed by atoms with Crippen LogP contribution in [0.4, 0.5) is 0 Å². The summed E-state index contributed by atoms with van der Waals surface area (Å²) in [5.41, 5.74) is 1.08. The molecule has 1 atom stereocenters. The molecule has 0 radical (unpaired) electrons. The first-order chi connectivity index (χ1) is 11.4. The van der Waals surface area contributed by atoms with E-state index in [0.29, 0.717) is 36.4 Å². The van der Waals surface area contributed by atoms with Gasteiger partial charge >= 0.3 is 0 Å². The molecule has 1 aliphatic rings. The van der Waals surface area contributed by atoms with Crippen molar-refractivity contribution in [2.75, 3.05) is 26.0 Å². The summed E-state index contributed by atoms with van der Waals surface area (Å²) in [6.45, 7) is 0.831. The summed E-state index contributed by atoms with van der Waals surface area (Å²) in [6.07, 6.45) is 1.96. The van der Waals surface area contributed by atoms with Crippen LogP contribution in [0, 0.1) is 0 Å². The van der Waals surface area contributed by atoms with Gasteiger partial charge in [-0.05, 0) is 24.1 Å². The van der Waals surface area contributed by atoms with E-state index in [9.17, 15) is 8.42 Å². The molecule has 1 aliphatic heterocycles. The van der Waals surface area contributed by atoms with Gasteiger partial charge in [0, 0.05) is 24.5 Å². The van der Waals surface area contributed by atoms with Crippen molar-refractivity contribution in [2.45, 2.75) is 18.9 Å². The number of ether oxygens (including phenoxy) is 1. The third-order valence-corrected chi connectivity index (χ3v) is 5.28. The van der Waals surface area contributed by atoms with E-state index in [0.717, 1.165) is 12.0 Å². The fourth-order valence-electron chi connectivity index (χ4n) is 2.52. The van der Waals surface area contributed by atoms with Gasteiger partial charge in [-0.3, -0.25) is 0 Å². The Morgan fingerprint density at radius 3 is 2.92 bits per heavy atom. The standard InChI is InChI=1S/C15H18ClN3O4S/c1-24(20,21)19-7-8-22-13(10-19)15-18-17-14(23-15)6-5-11-3-2-4-12(16)9-11/h2-4,9,13H,5-8,10H2,1H3/t13-/m1/s1. The molecular formula is C15H18ClN3O4S. The van der Waals surface area contributed by atoms with Gasteiger partial charge in [0.2, 0.25) is 21.8 Å². The Morgan fingerprint density at radius 2 is 2.17 bits per heavy atom. The minimum atomic E-state index is -3.26. The van der Waals surface area contributed by atoms with Crippen molar-refractivity contribution >= 4 is 21.6 Å². The lowest BCUT2D eigenvalue weighted by atomic mass is 10.1. The molecule has 0 spiro atoms. The Balaban J connectivity index is 1.63. The molecule has 1 fully saturated rings. The number of hydrogen-bond donors (Lipinski definition) is 0. The largest absolute Gasteiger partial charge is 0.422 e. The van der Waals surface area contributed by atoms with Crippen LogP contribution in [-0.2, 0) is 27.6 Å². The normalized spacial score (nSPS) is 19.5. The van der Waals surface area contributed by atoms with E-state index in [4.69, 9.17) is 20.8 Å². The van der Waals surface area contributed by atoms with Gasteiger partial charge in [-0.25, -0.2) is 8.42 Å². The molecule has 0 unspecified atom stereocenters. The Bertz CT molecular complexity index is 809. The van der Waals surface area contributed by atoms with Crippen LogP contribution in [-0.4, -0.2) is 48.9 Å². The molecule has 0 amide bonds. The average Bonchev–Trinajstić information content (AvgIpc) is 3.01. The van der Waals surface area contributed by atoms with Crippen molar-refractivity contribution in [1.29, 1.82) is 0 Å². The van der Waals surface area contributed by atoms with Crippen molar-refractivity contribution in [3.05, 3.63) is 46.6 Å². The fraction of sp³-hybridized carbons (Fsp3) is 0.467. The second-order valence-corrected chi connectivity index (χ2v) is 8.06. The van der Waals surface area contributed by atoms with E-state index in [2.05, 4.69) is 10.2 Å². The molecule has 2 heterocycles. The summed E-state index contributed by atoms with van der Waals surface area (Å²) in [7, 11) is -3.26. The number of halogens is 1. The van der Waals surface area contributed by atoms with Gasteiger partial charge in [-0.2, -0.15) is 4.31 Å². The second kappa shape index (κ2) is 7.18. The monoisotopic (exact) mass is 371 g/mol. The first-order valence-electron chi connectivity index (χ1n) is 7.55. The Morgan fingerprint density at radius 1 is 1.33 bits per heavy atom. The number of rotatable bonds is 5. The molecule has 1 saturated heterocycles. The molecule has 24 heavy (non-hydrogen) atoms. The molecule has 0 aliphatic carbocycles. The lowest BCUT2D eigenvalue weighted by molar-refractivity contribution is -0.0176. The maximum atomic E-state index is 11.6.